The highest BCUT2D eigenvalue weighted by molar-refractivity contribution is 5.92. The van der Waals surface area contributed by atoms with E-state index in [0.717, 1.165) is 0 Å². The Hall–Kier alpha value is -2.27. The highest BCUT2D eigenvalue weighted by Crippen LogP contribution is 2.15. The van der Waals surface area contributed by atoms with Gasteiger partial charge < -0.3 is 33.2 Å². The molecule has 2 bridgehead atoms. The standard InChI is InChI=1S/C18H25NO9/c1-22-14-12-15-17(20)27-10-8-25-6-4-23-2-3-24-5-7-26-9-11-28-18(21)16(13-14)19-15/h12-13H,2-11H2,1H3. The van der Waals surface area contributed by atoms with Gasteiger partial charge in [-0.25, -0.2) is 14.6 Å². The van der Waals surface area contributed by atoms with Crippen LogP contribution < -0.4 is 4.74 Å². The van der Waals surface area contributed by atoms with Crippen molar-refractivity contribution in [2.75, 3.05) is 73.2 Å². The van der Waals surface area contributed by atoms with Crippen LogP contribution in [-0.2, 0) is 28.4 Å². The Morgan fingerprint density at radius 1 is 0.679 bits per heavy atom. The first kappa shape index (κ1) is 22.0. The Bertz CT molecular complexity index is 575. The predicted octanol–water partition coefficient (Wildman–Crippen LogP) is 0.484. The fourth-order valence-electron chi connectivity index (χ4n) is 2.13. The van der Waals surface area contributed by atoms with Crippen molar-refractivity contribution >= 4 is 11.9 Å². The van der Waals surface area contributed by atoms with Crippen molar-refractivity contribution in [1.29, 1.82) is 0 Å². The average molecular weight is 399 g/mol. The lowest BCUT2D eigenvalue weighted by molar-refractivity contribution is -0.0134. The van der Waals surface area contributed by atoms with Gasteiger partial charge in [0.25, 0.3) is 0 Å². The van der Waals surface area contributed by atoms with Crippen LogP contribution in [0.2, 0.25) is 0 Å². The molecule has 0 aliphatic carbocycles. The molecule has 1 aliphatic rings. The van der Waals surface area contributed by atoms with Crippen molar-refractivity contribution in [2.45, 2.75) is 0 Å². The average Bonchev–Trinajstić information content (AvgIpc) is 2.72. The van der Waals surface area contributed by atoms with Gasteiger partial charge >= 0.3 is 11.9 Å². The molecule has 1 aromatic heterocycles. The summed E-state index contributed by atoms with van der Waals surface area (Å²) in [4.78, 5) is 28.3. The number of nitrogens with zero attached hydrogens (tertiary/aromatic N) is 1. The Balaban J connectivity index is 1.98. The number of methoxy groups -OCH3 is 1. The van der Waals surface area contributed by atoms with Gasteiger partial charge in [-0.3, -0.25) is 0 Å². The van der Waals surface area contributed by atoms with E-state index in [1.54, 1.807) is 0 Å². The first-order chi connectivity index (χ1) is 13.7. The summed E-state index contributed by atoms with van der Waals surface area (Å²) < 4.78 is 36.6. The van der Waals surface area contributed by atoms with Crippen LogP contribution in [-0.4, -0.2) is 90.1 Å². The number of rotatable bonds is 1. The molecule has 28 heavy (non-hydrogen) atoms. The number of fused-ring (bicyclic) bond motifs is 2. The monoisotopic (exact) mass is 399 g/mol. The number of aromatic nitrogens is 1. The van der Waals surface area contributed by atoms with Crippen molar-refractivity contribution in [3.8, 4) is 5.75 Å². The third kappa shape index (κ3) is 8.17. The van der Waals surface area contributed by atoms with Crippen LogP contribution in [0.25, 0.3) is 0 Å². The minimum Gasteiger partial charge on any atom is -0.497 e. The first-order valence-corrected chi connectivity index (χ1v) is 8.92. The van der Waals surface area contributed by atoms with Crippen LogP contribution in [0, 0.1) is 0 Å². The summed E-state index contributed by atoms with van der Waals surface area (Å²) in [6, 6.07) is 2.76. The van der Waals surface area contributed by atoms with Gasteiger partial charge in [-0.05, 0) is 0 Å². The maximum absolute atomic E-state index is 12.2. The molecule has 2 rings (SSSR count). The number of esters is 2. The van der Waals surface area contributed by atoms with Gasteiger partial charge in [-0.1, -0.05) is 0 Å². The third-order valence-electron chi connectivity index (χ3n) is 3.49. The van der Waals surface area contributed by atoms with Crippen LogP contribution in [0.5, 0.6) is 5.75 Å². The molecule has 2 heterocycles. The molecule has 156 valence electrons. The number of ether oxygens (including phenoxy) is 7. The topological polar surface area (TPSA) is 112 Å². The van der Waals surface area contributed by atoms with E-state index < -0.39 is 11.9 Å². The Kier molecular flexibility index (Phi) is 10.2. The summed E-state index contributed by atoms with van der Waals surface area (Å²) >= 11 is 0. The second kappa shape index (κ2) is 13.0. The predicted molar refractivity (Wildman–Crippen MR) is 94.6 cm³/mol. The molecule has 0 saturated heterocycles. The SMILES string of the molecule is COc1cc2nc(c1)C(=O)OCCOCCOCCOCCOCCOC2=O. The van der Waals surface area contributed by atoms with Crippen molar-refractivity contribution in [1.82, 2.24) is 4.98 Å². The second-order valence-electron chi connectivity index (χ2n) is 5.50. The summed E-state index contributed by atoms with van der Waals surface area (Å²) in [6.07, 6.45) is 0. The molecule has 10 heteroatoms. The lowest BCUT2D eigenvalue weighted by Crippen LogP contribution is -2.17. The molecule has 0 fully saturated rings. The molecule has 0 radical (unpaired) electrons. The van der Waals surface area contributed by atoms with Gasteiger partial charge in [-0.15, -0.1) is 0 Å². The zero-order chi connectivity index (χ0) is 20.0. The van der Waals surface area contributed by atoms with Gasteiger partial charge in [0.05, 0.1) is 60.0 Å². The maximum Gasteiger partial charge on any atom is 0.357 e. The minimum atomic E-state index is -0.695. The molecule has 0 aromatic carbocycles. The van der Waals surface area contributed by atoms with E-state index in [9.17, 15) is 9.59 Å². The number of cyclic esters (lactones) is 2. The Morgan fingerprint density at radius 2 is 1.04 bits per heavy atom. The quantitative estimate of drug-likeness (QED) is 0.618. The molecule has 1 aliphatic heterocycles. The molecule has 0 N–H and O–H groups in total. The van der Waals surface area contributed by atoms with E-state index in [2.05, 4.69) is 4.98 Å². The molecule has 0 amide bonds. The van der Waals surface area contributed by atoms with Gasteiger partial charge in [0.15, 0.2) is 11.4 Å². The summed E-state index contributed by atoms with van der Waals surface area (Å²) in [7, 11) is 1.41. The molecular formula is C18H25NO9. The zero-order valence-corrected chi connectivity index (χ0v) is 15.8. The first-order valence-electron chi connectivity index (χ1n) is 8.92. The Morgan fingerprint density at radius 3 is 1.39 bits per heavy atom. The van der Waals surface area contributed by atoms with Gasteiger partial charge in [-0.2, -0.15) is 0 Å². The van der Waals surface area contributed by atoms with Crippen LogP contribution in [0.1, 0.15) is 21.0 Å². The summed E-state index contributed by atoms with van der Waals surface area (Å²) in [5.74, 6) is -1.10. The third-order valence-corrected chi connectivity index (χ3v) is 3.49. The highest BCUT2D eigenvalue weighted by atomic mass is 16.6. The van der Waals surface area contributed by atoms with Crippen LogP contribution in [0.4, 0.5) is 0 Å². The van der Waals surface area contributed by atoms with Gasteiger partial charge in [0.1, 0.15) is 19.0 Å². The fraction of sp³-hybridized carbons (Fsp3) is 0.611. The van der Waals surface area contributed by atoms with E-state index in [0.29, 0.717) is 39.6 Å². The summed E-state index contributed by atoms with van der Waals surface area (Å²) in [5, 5.41) is 0. The van der Waals surface area contributed by atoms with E-state index in [1.165, 1.54) is 19.2 Å². The molecule has 1 aromatic rings. The van der Waals surface area contributed by atoms with Gasteiger partial charge in [0, 0.05) is 12.1 Å². The van der Waals surface area contributed by atoms with E-state index in [4.69, 9.17) is 33.2 Å². The molecule has 0 atom stereocenters. The molecule has 0 spiro atoms. The second-order valence-corrected chi connectivity index (χ2v) is 5.50. The van der Waals surface area contributed by atoms with E-state index in [-0.39, 0.29) is 43.6 Å². The number of carbonyl (C=O) groups is 2. The zero-order valence-electron chi connectivity index (χ0n) is 15.8. The number of carbonyl (C=O) groups excluding carboxylic acids is 2. The van der Waals surface area contributed by atoms with Crippen molar-refractivity contribution in [3.05, 3.63) is 23.5 Å². The van der Waals surface area contributed by atoms with Crippen LogP contribution in [0.3, 0.4) is 0 Å². The molecule has 0 unspecified atom stereocenters. The lowest BCUT2D eigenvalue weighted by Gasteiger charge is -2.09. The largest absolute Gasteiger partial charge is 0.497 e. The summed E-state index contributed by atoms with van der Waals surface area (Å²) in [5.41, 5.74) is -0.122. The number of hydrogen-bond acceptors (Lipinski definition) is 10. The smallest absolute Gasteiger partial charge is 0.357 e. The molecule has 0 saturated carbocycles. The highest BCUT2D eigenvalue weighted by Gasteiger charge is 2.17. The minimum absolute atomic E-state index is 0.0396. The normalized spacial score (nSPS) is 19.0. The van der Waals surface area contributed by atoms with E-state index in [1.807, 2.05) is 0 Å². The van der Waals surface area contributed by atoms with Crippen LogP contribution in [0.15, 0.2) is 12.1 Å². The van der Waals surface area contributed by atoms with Crippen LogP contribution >= 0.6 is 0 Å². The molecular weight excluding hydrogens is 374 g/mol. The van der Waals surface area contributed by atoms with E-state index >= 15 is 0 Å². The number of pyridine rings is 1. The van der Waals surface area contributed by atoms with Crippen molar-refractivity contribution < 1.29 is 42.7 Å². The lowest BCUT2D eigenvalue weighted by atomic mass is 10.2. The fourth-order valence-corrected chi connectivity index (χ4v) is 2.13. The van der Waals surface area contributed by atoms with Gasteiger partial charge in [0.2, 0.25) is 0 Å². The maximum atomic E-state index is 12.2. The van der Waals surface area contributed by atoms with Crippen molar-refractivity contribution in [2.24, 2.45) is 0 Å². The Labute approximate surface area is 163 Å². The number of hydrogen-bond donors (Lipinski definition) is 0. The molecule has 10 nitrogen and oxygen atoms in total. The summed E-state index contributed by atoms with van der Waals surface area (Å²) in [6.45, 7) is 2.95. The van der Waals surface area contributed by atoms with Crippen molar-refractivity contribution in [3.63, 3.8) is 0 Å².